The van der Waals surface area contributed by atoms with Gasteiger partial charge >= 0.3 is 0 Å². The zero-order valence-corrected chi connectivity index (χ0v) is 8.75. The average molecular weight is 202 g/mol. The Balaban J connectivity index is 2.08. The molecule has 0 bridgehead atoms. The highest BCUT2D eigenvalue weighted by Crippen LogP contribution is 2.19. The van der Waals surface area contributed by atoms with Crippen molar-refractivity contribution in [2.24, 2.45) is 0 Å². The topological polar surface area (TPSA) is 60.7 Å². The molecule has 1 aromatic heterocycles. The lowest BCUT2D eigenvalue weighted by Crippen LogP contribution is -2.37. The standard InChI is InChI=1S/C11H14N4/c1-11(4-5-13-8-11)15-10-3-2-9(6-12)7-14-10/h2-3,7,13H,4-5,8H2,1H3,(H,14,15). The first-order valence-electron chi connectivity index (χ1n) is 5.07. The molecule has 2 heterocycles. The zero-order valence-electron chi connectivity index (χ0n) is 8.75. The lowest BCUT2D eigenvalue weighted by molar-refractivity contribution is 0.564. The smallest absolute Gasteiger partial charge is 0.126 e. The van der Waals surface area contributed by atoms with Gasteiger partial charge in [0.2, 0.25) is 0 Å². The first kappa shape index (κ1) is 9.94. The zero-order chi connectivity index (χ0) is 10.7. The molecule has 1 saturated heterocycles. The predicted molar refractivity (Wildman–Crippen MR) is 58.5 cm³/mol. The van der Waals surface area contributed by atoms with Gasteiger partial charge < -0.3 is 10.6 Å². The van der Waals surface area contributed by atoms with Crippen LogP contribution in [-0.2, 0) is 0 Å². The lowest BCUT2D eigenvalue weighted by atomic mass is 10.0. The molecular weight excluding hydrogens is 188 g/mol. The van der Waals surface area contributed by atoms with Crippen LogP contribution in [0.2, 0.25) is 0 Å². The molecule has 0 radical (unpaired) electrons. The molecule has 2 rings (SSSR count). The molecule has 0 saturated carbocycles. The summed E-state index contributed by atoms with van der Waals surface area (Å²) < 4.78 is 0. The second kappa shape index (κ2) is 3.87. The average Bonchev–Trinajstić information content (AvgIpc) is 2.66. The molecule has 78 valence electrons. The number of nitriles is 1. The molecular formula is C11H14N4. The molecule has 1 unspecified atom stereocenters. The summed E-state index contributed by atoms with van der Waals surface area (Å²) in [6, 6.07) is 5.68. The van der Waals surface area contributed by atoms with Crippen LogP contribution in [0.1, 0.15) is 18.9 Å². The van der Waals surface area contributed by atoms with Crippen molar-refractivity contribution in [2.45, 2.75) is 18.9 Å². The molecule has 0 aliphatic carbocycles. The fourth-order valence-electron chi connectivity index (χ4n) is 1.77. The highest BCUT2D eigenvalue weighted by Gasteiger charge is 2.28. The molecule has 15 heavy (non-hydrogen) atoms. The molecule has 1 aromatic rings. The fourth-order valence-corrected chi connectivity index (χ4v) is 1.77. The molecule has 4 nitrogen and oxygen atoms in total. The van der Waals surface area contributed by atoms with E-state index in [9.17, 15) is 0 Å². The van der Waals surface area contributed by atoms with E-state index in [1.54, 1.807) is 12.3 Å². The summed E-state index contributed by atoms with van der Waals surface area (Å²) in [5.41, 5.74) is 0.677. The van der Waals surface area contributed by atoms with Crippen LogP contribution in [0.5, 0.6) is 0 Å². The number of hydrogen-bond acceptors (Lipinski definition) is 4. The van der Waals surface area contributed by atoms with Gasteiger partial charge in [-0.15, -0.1) is 0 Å². The van der Waals surface area contributed by atoms with Crippen molar-refractivity contribution in [3.63, 3.8) is 0 Å². The van der Waals surface area contributed by atoms with E-state index < -0.39 is 0 Å². The van der Waals surface area contributed by atoms with E-state index in [2.05, 4.69) is 28.6 Å². The van der Waals surface area contributed by atoms with Crippen LogP contribution in [0, 0.1) is 11.3 Å². The second-order valence-corrected chi connectivity index (χ2v) is 4.16. The van der Waals surface area contributed by atoms with Gasteiger partial charge in [0, 0.05) is 18.3 Å². The van der Waals surface area contributed by atoms with E-state index in [1.807, 2.05) is 6.07 Å². The molecule has 0 aromatic carbocycles. The van der Waals surface area contributed by atoms with E-state index in [-0.39, 0.29) is 5.54 Å². The Labute approximate surface area is 89.3 Å². The van der Waals surface area contributed by atoms with E-state index in [1.165, 1.54) is 0 Å². The highest BCUT2D eigenvalue weighted by molar-refractivity contribution is 5.41. The van der Waals surface area contributed by atoms with Gasteiger partial charge in [0.25, 0.3) is 0 Å². The van der Waals surface area contributed by atoms with Crippen LogP contribution >= 0.6 is 0 Å². The summed E-state index contributed by atoms with van der Waals surface area (Å²) in [6.45, 7) is 4.17. The van der Waals surface area contributed by atoms with Gasteiger partial charge in [-0.05, 0) is 32.0 Å². The molecule has 4 heteroatoms. The maximum atomic E-state index is 8.64. The monoisotopic (exact) mass is 202 g/mol. The Morgan fingerprint density at radius 2 is 2.47 bits per heavy atom. The minimum absolute atomic E-state index is 0.0845. The minimum atomic E-state index is 0.0845. The van der Waals surface area contributed by atoms with Crippen LogP contribution in [0.4, 0.5) is 5.82 Å². The Hall–Kier alpha value is -1.60. The van der Waals surface area contributed by atoms with E-state index in [0.717, 1.165) is 25.3 Å². The normalized spacial score (nSPS) is 24.8. The van der Waals surface area contributed by atoms with Gasteiger partial charge in [-0.1, -0.05) is 0 Å². The molecule has 0 spiro atoms. The third kappa shape index (κ3) is 2.25. The highest BCUT2D eigenvalue weighted by atomic mass is 15.1. The van der Waals surface area contributed by atoms with Crippen molar-refractivity contribution in [1.29, 1.82) is 5.26 Å². The summed E-state index contributed by atoms with van der Waals surface area (Å²) in [5.74, 6) is 0.834. The van der Waals surface area contributed by atoms with Crippen LogP contribution in [0.15, 0.2) is 18.3 Å². The Kier molecular flexibility index (Phi) is 2.57. The number of anilines is 1. The van der Waals surface area contributed by atoms with Crippen molar-refractivity contribution in [3.8, 4) is 6.07 Å². The molecule has 1 fully saturated rings. The summed E-state index contributed by atoms with van der Waals surface area (Å²) in [5, 5.41) is 15.3. The number of aromatic nitrogens is 1. The minimum Gasteiger partial charge on any atom is -0.364 e. The molecule has 0 amide bonds. The predicted octanol–water partition coefficient (Wildman–Crippen LogP) is 1.12. The first-order valence-corrected chi connectivity index (χ1v) is 5.07. The number of nitrogens with zero attached hydrogens (tertiary/aromatic N) is 2. The van der Waals surface area contributed by atoms with Crippen molar-refractivity contribution >= 4 is 5.82 Å². The van der Waals surface area contributed by atoms with Gasteiger partial charge in [-0.3, -0.25) is 0 Å². The van der Waals surface area contributed by atoms with Gasteiger partial charge in [0.1, 0.15) is 11.9 Å². The van der Waals surface area contributed by atoms with Crippen LogP contribution in [0.3, 0.4) is 0 Å². The summed E-state index contributed by atoms with van der Waals surface area (Å²) in [4.78, 5) is 4.20. The maximum Gasteiger partial charge on any atom is 0.126 e. The Morgan fingerprint density at radius 3 is 3.00 bits per heavy atom. The van der Waals surface area contributed by atoms with Gasteiger partial charge in [-0.25, -0.2) is 4.98 Å². The quantitative estimate of drug-likeness (QED) is 0.754. The molecule has 1 aliphatic heterocycles. The maximum absolute atomic E-state index is 8.64. The molecule has 1 atom stereocenters. The van der Waals surface area contributed by atoms with Crippen LogP contribution in [-0.4, -0.2) is 23.6 Å². The number of nitrogens with one attached hydrogen (secondary N) is 2. The number of pyridine rings is 1. The largest absolute Gasteiger partial charge is 0.364 e. The third-order valence-corrected chi connectivity index (χ3v) is 2.69. The number of rotatable bonds is 2. The second-order valence-electron chi connectivity index (χ2n) is 4.16. The lowest BCUT2D eigenvalue weighted by Gasteiger charge is -2.24. The fraction of sp³-hybridized carbons (Fsp3) is 0.455. The van der Waals surface area contributed by atoms with Crippen molar-refractivity contribution < 1.29 is 0 Å². The SMILES string of the molecule is CC1(Nc2ccc(C#N)cn2)CCNC1. The Morgan fingerprint density at radius 1 is 1.60 bits per heavy atom. The van der Waals surface area contributed by atoms with Crippen molar-refractivity contribution in [1.82, 2.24) is 10.3 Å². The van der Waals surface area contributed by atoms with E-state index in [4.69, 9.17) is 5.26 Å². The molecule has 1 aliphatic rings. The van der Waals surface area contributed by atoms with E-state index in [0.29, 0.717) is 5.56 Å². The van der Waals surface area contributed by atoms with Gasteiger partial charge in [-0.2, -0.15) is 5.26 Å². The van der Waals surface area contributed by atoms with Crippen LogP contribution in [0.25, 0.3) is 0 Å². The summed E-state index contributed by atoms with van der Waals surface area (Å²) in [7, 11) is 0. The van der Waals surface area contributed by atoms with Crippen molar-refractivity contribution in [3.05, 3.63) is 23.9 Å². The van der Waals surface area contributed by atoms with Crippen LogP contribution < -0.4 is 10.6 Å². The third-order valence-electron chi connectivity index (χ3n) is 2.69. The van der Waals surface area contributed by atoms with Gasteiger partial charge in [0.05, 0.1) is 5.56 Å². The first-order chi connectivity index (χ1) is 7.22. The summed E-state index contributed by atoms with van der Waals surface area (Å²) >= 11 is 0. The van der Waals surface area contributed by atoms with Gasteiger partial charge in [0.15, 0.2) is 0 Å². The van der Waals surface area contributed by atoms with E-state index >= 15 is 0 Å². The molecule has 2 N–H and O–H groups in total. The number of hydrogen-bond donors (Lipinski definition) is 2. The summed E-state index contributed by atoms with van der Waals surface area (Å²) in [6.07, 6.45) is 2.68. The van der Waals surface area contributed by atoms with Crippen molar-refractivity contribution in [2.75, 3.05) is 18.4 Å². The Bertz CT molecular complexity index is 371.